The number of rotatable bonds is 4. The van der Waals surface area contributed by atoms with E-state index in [-0.39, 0.29) is 5.97 Å². The van der Waals surface area contributed by atoms with E-state index in [4.69, 9.17) is 9.47 Å². The number of aryl methyl sites for hydroxylation is 1. The maximum Gasteiger partial charge on any atom is 0.357 e. The first kappa shape index (κ1) is 13.9. The number of nitrogens with zero attached hydrogens (tertiary/aromatic N) is 2. The molecule has 0 N–H and O–H groups in total. The monoisotopic (exact) mass is 326 g/mol. The highest BCUT2D eigenvalue weighted by atomic mass is 79.9. The van der Waals surface area contributed by atoms with Gasteiger partial charge in [-0.25, -0.2) is 9.78 Å². The zero-order chi connectivity index (χ0) is 14.0. The SMILES string of the molecule is CCOC(=O)c1c(C)nc2c(OCC)cc(Br)cn12. The van der Waals surface area contributed by atoms with Crippen LogP contribution in [0.25, 0.3) is 5.65 Å². The third-order valence-corrected chi connectivity index (χ3v) is 3.03. The first-order chi connectivity index (χ1) is 9.08. The summed E-state index contributed by atoms with van der Waals surface area (Å²) in [5.74, 6) is 0.253. The van der Waals surface area contributed by atoms with Crippen molar-refractivity contribution in [3.05, 3.63) is 28.1 Å². The Bertz CT molecular complexity index is 622. The lowest BCUT2D eigenvalue weighted by Crippen LogP contribution is -2.09. The van der Waals surface area contributed by atoms with Crippen LogP contribution in [-0.2, 0) is 4.74 Å². The van der Waals surface area contributed by atoms with E-state index in [0.717, 1.165) is 4.47 Å². The van der Waals surface area contributed by atoms with Crippen molar-refractivity contribution in [2.45, 2.75) is 20.8 Å². The molecule has 0 amide bonds. The van der Waals surface area contributed by atoms with Crippen molar-refractivity contribution in [3.63, 3.8) is 0 Å². The minimum absolute atomic E-state index is 0.331. The molecule has 0 atom stereocenters. The first-order valence-electron chi connectivity index (χ1n) is 6.06. The zero-order valence-corrected chi connectivity index (χ0v) is 12.7. The Morgan fingerprint density at radius 3 is 2.79 bits per heavy atom. The van der Waals surface area contributed by atoms with E-state index in [2.05, 4.69) is 20.9 Å². The number of carbonyl (C=O) groups excluding carboxylic acids is 1. The second-order valence-electron chi connectivity index (χ2n) is 3.92. The molecule has 0 unspecified atom stereocenters. The zero-order valence-electron chi connectivity index (χ0n) is 11.1. The predicted octanol–water partition coefficient (Wildman–Crippen LogP) is 2.98. The van der Waals surface area contributed by atoms with E-state index in [1.165, 1.54) is 0 Å². The summed E-state index contributed by atoms with van der Waals surface area (Å²) in [6, 6.07) is 1.83. The van der Waals surface area contributed by atoms with Crippen molar-refractivity contribution in [1.82, 2.24) is 9.38 Å². The minimum Gasteiger partial charge on any atom is -0.490 e. The summed E-state index contributed by atoms with van der Waals surface area (Å²) >= 11 is 3.40. The van der Waals surface area contributed by atoms with Crippen LogP contribution in [0.5, 0.6) is 5.75 Å². The van der Waals surface area contributed by atoms with Gasteiger partial charge in [0.1, 0.15) is 0 Å². The minimum atomic E-state index is -0.381. The molecule has 0 fully saturated rings. The lowest BCUT2D eigenvalue weighted by atomic mass is 10.3. The van der Waals surface area contributed by atoms with Crippen molar-refractivity contribution in [3.8, 4) is 5.75 Å². The lowest BCUT2D eigenvalue weighted by molar-refractivity contribution is 0.0517. The average Bonchev–Trinajstić information content (AvgIpc) is 2.66. The summed E-state index contributed by atoms with van der Waals surface area (Å²) in [5.41, 5.74) is 1.67. The Morgan fingerprint density at radius 1 is 1.42 bits per heavy atom. The number of ether oxygens (including phenoxy) is 2. The first-order valence-corrected chi connectivity index (χ1v) is 6.85. The fourth-order valence-electron chi connectivity index (χ4n) is 1.90. The summed E-state index contributed by atoms with van der Waals surface area (Å²) in [7, 11) is 0. The van der Waals surface area contributed by atoms with Crippen molar-refractivity contribution in [2.24, 2.45) is 0 Å². The highest BCUT2D eigenvalue weighted by molar-refractivity contribution is 9.10. The quantitative estimate of drug-likeness (QED) is 0.810. The number of halogens is 1. The van der Waals surface area contributed by atoms with Crippen LogP contribution in [0.4, 0.5) is 0 Å². The number of carbonyl (C=O) groups is 1. The molecule has 0 aromatic carbocycles. The third kappa shape index (κ3) is 2.58. The molecule has 0 bridgehead atoms. The standard InChI is InChI=1S/C13H15BrN2O3/c1-4-18-10-6-9(14)7-16-11(13(17)19-5-2)8(3)15-12(10)16/h6-7H,4-5H2,1-3H3. The van der Waals surface area contributed by atoms with E-state index in [9.17, 15) is 4.79 Å². The van der Waals surface area contributed by atoms with E-state index >= 15 is 0 Å². The van der Waals surface area contributed by atoms with Gasteiger partial charge in [-0.05, 0) is 42.8 Å². The van der Waals surface area contributed by atoms with E-state index in [1.54, 1.807) is 24.4 Å². The number of aromatic nitrogens is 2. The van der Waals surface area contributed by atoms with E-state index in [1.807, 2.05) is 13.0 Å². The van der Waals surface area contributed by atoms with E-state index < -0.39 is 0 Å². The molecule has 102 valence electrons. The Labute approximate surface area is 119 Å². The Morgan fingerprint density at radius 2 is 2.16 bits per heavy atom. The summed E-state index contributed by atoms with van der Waals surface area (Å²) in [6.45, 7) is 6.32. The molecular formula is C13H15BrN2O3. The summed E-state index contributed by atoms with van der Waals surface area (Å²) in [5, 5.41) is 0. The Kier molecular flexibility index (Phi) is 4.09. The van der Waals surface area contributed by atoms with Crippen LogP contribution in [0.15, 0.2) is 16.7 Å². The van der Waals surface area contributed by atoms with E-state index in [0.29, 0.717) is 36.0 Å². The molecule has 0 aliphatic rings. The topological polar surface area (TPSA) is 52.8 Å². The number of pyridine rings is 1. The molecule has 0 saturated carbocycles. The molecule has 6 heteroatoms. The average molecular weight is 327 g/mol. The number of hydrogen-bond donors (Lipinski definition) is 0. The van der Waals surface area contributed by atoms with Gasteiger partial charge in [0.25, 0.3) is 0 Å². The van der Waals surface area contributed by atoms with Gasteiger partial charge in [0, 0.05) is 10.7 Å². The van der Waals surface area contributed by atoms with Gasteiger partial charge in [-0.15, -0.1) is 0 Å². The molecular weight excluding hydrogens is 312 g/mol. The second-order valence-corrected chi connectivity index (χ2v) is 4.83. The molecule has 0 radical (unpaired) electrons. The number of hydrogen-bond acceptors (Lipinski definition) is 4. The Balaban J connectivity index is 2.65. The molecule has 2 aromatic rings. The van der Waals surface area contributed by atoms with Gasteiger partial charge in [0.2, 0.25) is 0 Å². The predicted molar refractivity (Wildman–Crippen MR) is 74.8 cm³/mol. The number of imidazole rings is 1. The fraction of sp³-hybridized carbons (Fsp3) is 0.385. The van der Waals surface area contributed by atoms with Gasteiger partial charge < -0.3 is 9.47 Å². The van der Waals surface area contributed by atoms with Crippen molar-refractivity contribution in [2.75, 3.05) is 13.2 Å². The van der Waals surface area contributed by atoms with Gasteiger partial charge in [-0.1, -0.05) is 0 Å². The molecule has 0 spiro atoms. The summed E-state index contributed by atoms with van der Waals surface area (Å²) in [6.07, 6.45) is 1.78. The maximum atomic E-state index is 12.0. The van der Waals surface area contributed by atoms with Crippen molar-refractivity contribution < 1.29 is 14.3 Å². The summed E-state index contributed by atoms with van der Waals surface area (Å²) < 4.78 is 13.1. The molecule has 19 heavy (non-hydrogen) atoms. The number of fused-ring (bicyclic) bond motifs is 1. The van der Waals surface area contributed by atoms with Gasteiger partial charge in [-0.3, -0.25) is 4.40 Å². The maximum absolute atomic E-state index is 12.0. The van der Waals surface area contributed by atoms with Crippen LogP contribution in [-0.4, -0.2) is 28.6 Å². The molecule has 0 saturated heterocycles. The van der Waals surface area contributed by atoms with Gasteiger partial charge >= 0.3 is 5.97 Å². The van der Waals surface area contributed by atoms with Crippen LogP contribution >= 0.6 is 15.9 Å². The van der Waals surface area contributed by atoms with Gasteiger partial charge in [0.05, 0.1) is 18.9 Å². The molecule has 0 aliphatic heterocycles. The van der Waals surface area contributed by atoms with Crippen LogP contribution in [0.3, 0.4) is 0 Å². The molecule has 0 aliphatic carbocycles. The highest BCUT2D eigenvalue weighted by Gasteiger charge is 2.20. The third-order valence-electron chi connectivity index (χ3n) is 2.60. The molecule has 2 aromatic heterocycles. The highest BCUT2D eigenvalue weighted by Crippen LogP contribution is 2.27. The molecule has 2 heterocycles. The van der Waals surface area contributed by atoms with Crippen LogP contribution in [0.1, 0.15) is 30.0 Å². The lowest BCUT2D eigenvalue weighted by Gasteiger charge is -2.07. The molecule has 2 rings (SSSR count). The summed E-state index contributed by atoms with van der Waals surface area (Å²) in [4.78, 5) is 16.4. The van der Waals surface area contributed by atoms with Crippen molar-refractivity contribution in [1.29, 1.82) is 0 Å². The van der Waals surface area contributed by atoms with Crippen LogP contribution < -0.4 is 4.74 Å². The van der Waals surface area contributed by atoms with Crippen LogP contribution in [0, 0.1) is 6.92 Å². The number of esters is 1. The van der Waals surface area contributed by atoms with Gasteiger partial charge in [0.15, 0.2) is 17.1 Å². The second kappa shape index (κ2) is 5.61. The molecule has 5 nitrogen and oxygen atoms in total. The van der Waals surface area contributed by atoms with Gasteiger partial charge in [-0.2, -0.15) is 0 Å². The smallest absolute Gasteiger partial charge is 0.357 e. The normalized spacial score (nSPS) is 10.7. The van der Waals surface area contributed by atoms with Crippen LogP contribution in [0.2, 0.25) is 0 Å². The Hall–Kier alpha value is -1.56. The van der Waals surface area contributed by atoms with Crippen molar-refractivity contribution >= 4 is 27.5 Å². The largest absolute Gasteiger partial charge is 0.490 e. The fourth-order valence-corrected chi connectivity index (χ4v) is 2.32.